The molecule has 0 amide bonds. The zero-order valence-electron chi connectivity index (χ0n) is 13.4. The molecule has 0 unspecified atom stereocenters. The van der Waals surface area contributed by atoms with Gasteiger partial charge in [-0.1, -0.05) is 24.3 Å². The summed E-state index contributed by atoms with van der Waals surface area (Å²) in [5, 5.41) is 3.96. The van der Waals surface area contributed by atoms with Crippen LogP contribution in [-0.4, -0.2) is 16.5 Å². The smallest absolute Gasteiger partial charge is 0.137 e. The lowest BCUT2D eigenvalue weighted by atomic mass is 10.1. The third-order valence-corrected chi connectivity index (χ3v) is 4.06. The molecule has 0 aliphatic heterocycles. The summed E-state index contributed by atoms with van der Waals surface area (Å²) >= 11 is 0. The van der Waals surface area contributed by atoms with Crippen molar-refractivity contribution in [2.75, 3.05) is 11.9 Å². The monoisotopic (exact) mass is 333 g/mol. The Morgan fingerprint density at radius 1 is 1.00 bits per heavy atom. The molecule has 0 aliphatic rings. The zero-order chi connectivity index (χ0) is 17.1. The van der Waals surface area contributed by atoms with Crippen LogP contribution in [0, 0.1) is 5.82 Å². The maximum Gasteiger partial charge on any atom is 0.137 e. The van der Waals surface area contributed by atoms with Gasteiger partial charge in [0.15, 0.2) is 0 Å². The average molecular weight is 333 g/mol. The molecule has 0 spiro atoms. The highest BCUT2D eigenvalue weighted by molar-refractivity contribution is 5.88. The van der Waals surface area contributed by atoms with Crippen LogP contribution < -0.4 is 5.32 Å². The fourth-order valence-electron chi connectivity index (χ4n) is 2.77. The molecule has 0 radical (unpaired) electrons. The Morgan fingerprint density at radius 2 is 1.88 bits per heavy atom. The highest BCUT2D eigenvalue weighted by atomic mass is 19.1. The molecule has 0 bridgehead atoms. The first kappa shape index (κ1) is 15.3. The van der Waals surface area contributed by atoms with Crippen molar-refractivity contribution in [1.29, 1.82) is 0 Å². The molecule has 25 heavy (non-hydrogen) atoms. The topological polar surface area (TPSA) is 51.0 Å². The summed E-state index contributed by atoms with van der Waals surface area (Å²) in [6, 6.07) is 16.6. The summed E-state index contributed by atoms with van der Waals surface area (Å²) in [6.07, 6.45) is 3.99. The molecule has 2 aromatic carbocycles. The Bertz CT molecular complexity index is 982. The van der Waals surface area contributed by atoms with Crippen molar-refractivity contribution in [3.8, 4) is 11.3 Å². The summed E-state index contributed by atoms with van der Waals surface area (Å²) in [5.74, 6) is 1.22. The van der Waals surface area contributed by atoms with Crippen LogP contribution in [0.15, 0.2) is 71.6 Å². The third-order valence-electron chi connectivity index (χ3n) is 4.06. The molecule has 0 saturated carbocycles. The predicted molar refractivity (Wildman–Crippen MR) is 95.8 cm³/mol. The Labute approximate surface area is 144 Å². The number of furan rings is 1. The van der Waals surface area contributed by atoms with Crippen molar-refractivity contribution in [3.05, 3.63) is 78.6 Å². The van der Waals surface area contributed by atoms with Gasteiger partial charge in [0, 0.05) is 17.5 Å². The van der Waals surface area contributed by atoms with Crippen molar-refractivity contribution in [1.82, 2.24) is 9.97 Å². The first-order chi connectivity index (χ1) is 12.3. The van der Waals surface area contributed by atoms with Crippen molar-refractivity contribution < 1.29 is 8.81 Å². The van der Waals surface area contributed by atoms with Gasteiger partial charge in [-0.3, -0.25) is 0 Å². The van der Waals surface area contributed by atoms with Gasteiger partial charge < -0.3 is 9.73 Å². The van der Waals surface area contributed by atoms with E-state index in [1.807, 2.05) is 24.3 Å². The lowest BCUT2D eigenvalue weighted by molar-refractivity contribution is 0.582. The van der Waals surface area contributed by atoms with Crippen LogP contribution in [-0.2, 0) is 6.42 Å². The van der Waals surface area contributed by atoms with E-state index in [2.05, 4.69) is 27.4 Å². The minimum Gasteiger partial charge on any atom is -0.464 e. The quantitative estimate of drug-likeness (QED) is 0.576. The lowest BCUT2D eigenvalue weighted by Gasteiger charge is -2.08. The molecule has 1 N–H and O–H groups in total. The van der Waals surface area contributed by atoms with Gasteiger partial charge in [0.1, 0.15) is 23.7 Å². The Balaban J connectivity index is 1.43. The van der Waals surface area contributed by atoms with Gasteiger partial charge in [-0.15, -0.1) is 0 Å². The number of hydrogen-bond donors (Lipinski definition) is 1. The van der Waals surface area contributed by atoms with Gasteiger partial charge in [0.2, 0.25) is 0 Å². The average Bonchev–Trinajstić information content (AvgIpc) is 3.17. The molecule has 124 valence electrons. The largest absolute Gasteiger partial charge is 0.464 e. The molecule has 0 fully saturated rings. The number of rotatable bonds is 5. The second-order valence-electron chi connectivity index (χ2n) is 5.73. The summed E-state index contributed by atoms with van der Waals surface area (Å²) in [4.78, 5) is 8.38. The number of aromatic nitrogens is 2. The Kier molecular flexibility index (Phi) is 4.12. The molecule has 0 saturated heterocycles. The normalized spacial score (nSPS) is 10.9. The van der Waals surface area contributed by atoms with Crippen LogP contribution in [0.2, 0.25) is 0 Å². The van der Waals surface area contributed by atoms with E-state index in [0.717, 1.165) is 23.3 Å². The number of anilines is 1. The van der Waals surface area contributed by atoms with Gasteiger partial charge >= 0.3 is 0 Å². The first-order valence-electron chi connectivity index (χ1n) is 8.06. The summed E-state index contributed by atoms with van der Waals surface area (Å²) < 4.78 is 18.9. The fourth-order valence-corrected chi connectivity index (χ4v) is 2.77. The molecule has 4 nitrogen and oxygen atoms in total. The van der Waals surface area contributed by atoms with Crippen LogP contribution in [0.3, 0.4) is 0 Å². The number of fused-ring (bicyclic) bond motifs is 1. The second kappa shape index (κ2) is 6.73. The molecule has 2 heterocycles. The maximum absolute atomic E-state index is 13.5. The number of benzene rings is 2. The predicted octanol–water partition coefficient (Wildman–Crippen LogP) is 4.68. The van der Waals surface area contributed by atoms with E-state index >= 15 is 0 Å². The number of nitrogens with one attached hydrogen (secondary N) is 1. The molecule has 4 aromatic rings. The van der Waals surface area contributed by atoms with Gasteiger partial charge in [0.05, 0.1) is 11.8 Å². The highest BCUT2D eigenvalue weighted by Crippen LogP contribution is 2.21. The lowest BCUT2D eigenvalue weighted by Crippen LogP contribution is -2.07. The Morgan fingerprint density at radius 3 is 2.68 bits per heavy atom. The van der Waals surface area contributed by atoms with E-state index in [1.165, 1.54) is 24.0 Å². The number of nitrogens with zero attached hydrogens (tertiary/aromatic N) is 2. The van der Waals surface area contributed by atoms with Gasteiger partial charge in [-0.2, -0.15) is 0 Å². The molecule has 0 aliphatic carbocycles. The minimum absolute atomic E-state index is 0.293. The molecule has 4 rings (SSSR count). The van der Waals surface area contributed by atoms with Gasteiger partial charge in [-0.25, -0.2) is 14.4 Å². The van der Waals surface area contributed by atoms with E-state index in [1.54, 1.807) is 12.3 Å². The second-order valence-corrected chi connectivity index (χ2v) is 5.73. The molecule has 0 atom stereocenters. The van der Waals surface area contributed by atoms with Crippen LogP contribution in [0.1, 0.15) is 5.56 Å². The van der Waals surface area contributed by atoms with Crippen LogP contribution in [0.25, 0.3) is 22.2 Å². The highest BCUT2D eigenvalue weighted by Gasteiger charge is 2.05. The summed E-state index contributed by atoms with van der Waals surface area (Å²) in [7, 11) is 0. The number of halogens is 1. The van der Waals surface area contributed by atoms with E-state index in [0.29, 0.717) is 17.7 Å². The van der Waals surface area contributed by atoms with E-state index < -0.39 is 0 Å². The summed E-state index contributed by atoms with van der Waals surface area (Å²) in [6.45, 7) is 0.697. The van der Waals surface area contributed by atoms with Crippen LogP contribution in [0.4, 0.5) is 10.2 Å². The fraction of sp³-hybridized carbons (Fsp3) is 0.100. The van der Waals surface area contributed by atoms with Crippen molar-refractivity contribution in [2.24, 2.45) is 0 Å². The minimum atomic E-state index is -0.293. The molecule has 2 aromatic heterocycles. The van der Waals surface area contributed by atoms with Gasteiger partial charge in [0.25, 0.3) is 0 Å². The van der Waals surface area contributed by atoms with Crippen LogP contribution >= 0.6 is 0 Å². The molecule has 5 heteroatoms. The van der Waals surface area contributed by atoms with E-state index in [-0.39, 0.29) is 5.82 Å². The SMILES string of the molecule is Fc1ccc2ncnc(NCCc3ccc(-c4ccco4)cc3)c2c1. The number of hydrogen-bond acceptors (Lipinski definition) is 4. The van der Waals surface area contributed by atoms with Gasteiger partial charge in [-0.05, 0) is 42.3 Å². The molecular weight excluding hydrogens is 317 g/mol. The maximum atomic E-state index is 13.5. The zero-order valence-corrected chi connectivity index (χ0v) is 13.4. The van der Waals surface area contributed by atoms with Crippen LogP contribution in [0.5, 0.6) is 0 Å². The van der Waals surface area contributed by atoms with Crippen molar-refractivity contribution >= 4 is 16.7 Å². The first-order valence-corrected chi connectivity index (χ1v) is 8.06. The van der Waals surface area contributed by atoms with Crippen molar-refractivity contribution in [3.63, 3.8) is 0 Å². The third kappa shape index (κ3) is 3.35. The molecular formula is C20H16FN3O. The van der Waals surface area contributed by atoms with E-state index in [4.69, 9.17) is 4.42 Å². The van der Waals surface area contributed by atoms with Crippen molar-refractivity contribution in [2.45, 2.75) is 6.42 Å². The summed E-state index contributed by atoms with van der Waals surface area (Å²) in [5.41, 5.74) is 2.98. The Hall–Kier alpha value is -3.21. The van der Waals surface area contributed by atoms with E-state index in [9.17, 15) is 4.39 Å². The standard InChI is InChI=1S/C20H16FN3O/c21-16-7-8-18-17(12-16)20(24-13-23-18)22-10-9-14-3-5-15(6-4-14)19-2-1-11-25-19/h1-8,11-13H,9-10H2,(H,22,23,24).